The van der Waals surface area contributed by atoms with Gasteiger partial charge >= 0.3 is 0 Å². The fourth-order valence-corrected chi connectivity index (χ4v) is 2.60. The Balaban J connectivity index is 1.97. The van der Waals surface area contributed by atoms with E-state index in [1.165, 1.54) is 5.56 Å². The Morgan fingerprint density at radius 1 is 0.800 bits per heavy atom. The Labute approximate surface area is 150 Å². The molecule has 122 valence electrons. The van der Waals surface area contributed by atoms with Crippen molar-refractivity contribution >= 4 is 11.4 Å². The summed E-state index contributed by atoms with van der Waals surface area (Å²) in [4.78, 5) is 2.18. The molecule has 0 heterocycles. The van der Waals surface area contributed by atoms with Crippen LogP contribution in [0.2, 0.25) is 0 Å². The molecule has 3 aromatic rings. The first-order valence-corrected chi connectivity index (χ1v) is 8.36. The maximum atomic E-state index is 3.21. The fourth-order valence-electron chi connectivity index (χ4n) is 2.60. The molecule has 0 saturated carbocycles. The van der Waals surface area contributed by atoms with Crippen molar-refractivity contribution in [1.29, 1.82) is 0 Å². The van der Waals surface area contributed by atoms with E-state index in [4.69, 9.17) is 0 Å². The minimum Gasteiger partial charge on any atom is -0.344 e. The van der Waals surface area contributed by atoms with Crippen LogP contribution in [-0.2, 0) is 0 Å². The van der Waals surface area contributed by atoms with Crippen LogP contribution in [0.5, 0.6) is 0 Å². The fraction of sp³-hybridized carbons (Fsp3) is 0.0833. The Bertz CT molecular complexity index is 895. The molecule has 25 heavy (non-hydrogen) atoms. The van der Waals surface area contributed by atoms with Crippen molar-refractivity contribution in [2.24, 2.45) is 0 Å². The second kappa shape index (κ2) is 8.04. The quantitative estimate of drug-likeness (QED) is 0.573. The summed E-state index contributed by atoms with van der Waals surface area (Å²) in [5.41, 5.74) is 5.64. The summed E-state index contributed by atoms with van der Waals surface area (Å²) in [6.07, 6.45) is 1.99. The second-order valence-electron chi connectivity index (χ2n) is 5.93. The number of rotatable bonds is 3. The highest BCUT2D eigenvalue weighted by Crippen LogP contribution is 2.24. The molecule has 0 aliphatic carbocycles. The number of hydrogen-bond donors (Lipinski definition) is 0. The molecule has 0 aliphatic rings. The third-order valence-electron chi connectivity index (χ3n) is 4.05. The zero-order valence-corrected chi connectivity index (χ0v) is 14.6. The van der Waals surface area contributed by atoms with Crippen molar-refractivity contribution in [2.45, 2.75) is 6.92 Å². The Morgan fingerprint density at radius 2 is 1.40 bits per heavy atom. The predicted molar refractivity (Wildman–Crippen MR) is 107 cm³/mol. The monoisotopic (exact) mass is 323 g/mol. The number of benzene rings is 3. The van der Waals surface area contributed by atoms with Crippen molar-refractivity contribution < 1.29 is 0 Å². The molecule has 0 radical (unpaired) electrons. The standard InChI is InChI=1S/C24H21N/c1-20-16-18-23(19-17-20)25(2)24(22-13-7-4-8-14-22)15-9-12-21-10-5-3-6-11-21/h3-8,10-11,13-19H,1-2H3/b24-15+. The van der Waals surface area contributed by atoms with Crippen LogP contribution < -0.4 is 4.90 Å². The van der Waals surface area contributed by atoms with E-state index in [2.05, 4.69) is 79.2 Å². The molecule has 0 amide bonds. The zero-order valence-electron chi connectivity index (χ0n) is 14.6. The first-order chi connectivity index (χ1) is 12.2. The van der Waals surface area contributed by atoms with E-state index in [-0.39, 0.29) is 0 Å². The molecule has 1 heteroatoms. The summed E-state index contributed by atoms with van der Waals surface area (Å²) in [5, 5.41) is 0. The van der Waals surface area contributed by atoms with Gasteiger partial charge in [-0.3, -0.25) is 0 Å². The minimum absolute atomic E-state index is 1.02. The summed E-state index contributed by atoms with van der Waals surface area (Å²) >= 11 is 0. The molecular formula is C24H21N. The van der Waals surface area contributed by atoms with Gasteiger partial charge in [0, 0.05) is 24.4 Å². The average Bonchev–Trinajstić information content (AvgIpc) is 2.67. The van der Waals surface area contributed by atoms with Gasteiger partial charge in [-0.1, -0.05) is 78.1 Å². The van der Waals surface area contributed by atoms with Crippen LogP contribution in [0, 0.1) is 18.8 Å². The van der Waals surface area contributed by atoms with Crippen LogP contribution in [0.3, 0.4) is 0 Å². The summed E-state index contributed by atoms with van der Waals surface area (Å²) in [6.45, 7) is 2.10. The third kappa shape index (κ3) is 4.40. The van der Waals surface area contributed by atoms with Crippen molar-refractivity contribution in [3.63, 3.8) is 0 Å². The van der Waals surface area contributed by atoms with Gasteiger partial charge in [0.05, 0.1) is 5.70 Å². The molecule has 0 unspecified atom stereocenters. The summed E-state index contributed by atoms with van der Waals surface area (Å²) in [6, 6.07) is 28.9. The molecule has 0 bridgehead atoms. The van der Waals surface area contributed by atoms with Crippen LogP contribution in [0.25, 0.3) is 5.70 Å². The largest absolute Gasteiger partial charge is 0.344 e. The van der Waals surface area contributed by atoms with E-state index in [0.717, 1.165) is 22.5 Å². The lowest BCUT2D eigenvalue weighted by Crippen LogP contribution is -2.15. The van der Waals surface area contributed by atoms with Crippen LogP contribution in [0.4, 0.5) is 5.69 Å². The highest BCUT2D eigenvalue weighted by atomic mass is 15.1. The topological polar surface area (TPSA) is 3.24 Å². The smallest absolute Gasteiger partial charge is 0.0566 e. The maximum Gasteiger partial charge on any atom is 0.0566 e. The van der Waals surface area contributed by atoms with Gasteiger partial charge in [-0.15, -0.1) is 0 Å². The number of aryl methyl sites for hydroxylation is 1. The summed E-state index contributed by atoms with van der Waals surface area (Å²) in [7, 11) is 2.08. The van der Waals surface area contributed by atoms with Crippen molar-refractivity contribution in [3.05, 3.63) is 108 Å². The summed E-state index contributed by atoms with van der Waals surface area (Å²) < 4.78 is 0. The molecule has 0 atom stereocenters. The zero-order chi connectivity index (χ0) is 17.5. The van der Waals surface area contributed by atoms with E-state index in [1.807, 2.05) is 42.5 Å². The average molecular weight is 323 g/mol. The predicted octanol–water partition coefficient (Wildman–Crippen LogP) is 5.52. The third-order valence-corrected chi connectivity index (χ3v) is 4.05. The van der Waals surface area contributed by atoms with Crippen molar-refractivity contribution in [2.75, 3.05) is 11.9 Å². The van der Waals surface area contributed by atoms with E-state index in [0.29, 0.717) is 0 Å². The van der Waals surface area contributed by atoms with E-state index in [1.54, 1.807) is 0 Å². The number of anilines is 1. The maximum absolute atomic E-state index is 3.21. The molecule has 1 nitrogen and oxygen atoms in total. The van der Waals surface area contributed by atoms with Crippen LogP contribution in [0.15, 0.2) is 91.0 Å². The molecule has 0 aromatic heterocycles. The lowest BCUT2D eigenvalue weighted by Gasteiger charge is -2.23. The van der Waals surface area contributed by atoms with Gasteiger partial charge in [0.1, 0.15) is 0 Å². The molecule has 3 rings (SSSR count). The van der Waals surface area contributed by atoms with E-state index in [9.17, 15) is 0 Å². The van der Waals surface area contributed by atoms with Crippen molar-refractivity contribution in [3.8, 4) is 11.8 Å². The highest BCUT2D eigenvalue weighted by molar-refractivity contribution is 5.80. The first-order valence-electron chi connectivity index (χ1n) is 8.36. The van der Waals surface area contributed by atoms with E-state index < -0.39 is 0 Å². The molecular weight excluding hydrogens is 302 g/mol. The van der Waals surface area contributed by atoms with Gasteiger partial charge in [0.25, 0.3) is 0 Å². The summed E-state index contributed by atoms with van der Waals surface area (Å²) in [5.74, 6) is 6.42. The minimum atomic E-state index is 1.02. The first kappa shape index (κ1) is 16.6. The Kier molecular flexibility index (Phi) is 5.34. The molecule has 0 N–H and O–H groups in total. The van der Waals surface area contributed by atoms with Gasteiger partial charge < -0.3 is 4.90 Å². The van der Waals surface area contributed by atoms with Gasteiger partial charge in [0.15, 0.2) is 0 Å². The number of allylic oxidation sites excluding steroid dienone is 1. The van der Waals surface area contributed by atoms with Gasteiger partial charge in [-0.25, -0.2) is 0 Å². The van der Waals surface area contributed by atoms with Crippen molar-refractivity contribution in [1.82, 2.24) is 0 Å². The second-order valence-corrected chi connectivity index (χ2v) is 5.93. The molecule has 0 spiro atoms. The molecule has 3 aromatic carbocycles. The lowest BCUT2D eigenvalue weighted by molar-refractivity contribution is 1.21. The van der Waals surface area contributed by atoms with Crippen LogP contribution in [0.1, 0.15) is 16.7 Å². The van der Waals surface area contributed by atoms with Crippen LogP contribution >= 0.6 is 0 Å². The molecule has 0 aliphatic heterocycles. The molecule has 0 saturated heterocycles. The molecule has 0 fully saturated rings. The number of nitrogens with zero attached hydrogens (tertiary/aromatic N) is 1. The van der Waals surface area contributed by atoms with Crippen LogP contribution in [-0.4, -0.2) is 7.05 Å². The van der Waals surface area contributed by atoms with Gasteiger partial charge in [-0.05, 0) is 36.8 Å². The normalized spacial score (nSPS) is 10.7. The lowest BCUT2D eigenvalue weighted by atomic mass is 10.1. The van der Waals surface area contributed by atoms with Gasteiger partial charge in [0.2, 0.25) is 0 Å². The Hall–Kier alpha value is -3.24. The van der Waals surface area contributed by atoms with E-state index >= 15 is 0 Å². The SMILES string of the molecule is Cc1ccc(N(C)/C(=C/C#Cc2ccccc2)c2ccccc2)cc1. The highest BCUT2D eigenvalue weighted by Gasteiger charge is 2.08. The number of hydrogen-bond acceptors (Lipinski definition) is 1. The van der Waals surface area contributed by atoms with Gasteiger partial charge in [-0.2, -0.15) is 0 Å². The Morgan fingerprint density at radius 3 is 2.04 bits per heavy atom.